The molecule has 3 rings (SSSR count). The van der Waals surface area contributed by atoms with Gasteiger partial charge in [-0.15, -0.1) is 0 Å². The van der Waals surface area contributed by atoms with Crippen molar-refractivity contribution >= 4 is 5.91 Å². The molecule has 0 saturated heterocycles. The monoisotopic (exact) mass is 463 g/mol. The van der Waals surface area contributed by atoms with E-state index in [1.807, 2.05) is 24.9 Å². The van der Waals surface area contributed by atoms with Crippen LogP contribution < -0.4 is 5.32 Å². The van der Waals surface area contributed by atoms with Crippen LogP contribution in [0.2, 0.25) is 0 Å². The maximum absolute atomic E-state index is 13.1. The number of rotatable bonds is 8. The van der Waals surface area contributed by atoms with Gasteiger partial charge in [-0.25, -0.2) is 0 Å². The highest BCUT2D eigenvalue weighted by Crippen LogP contribution is 2.33. The standard InChI is InChI=1S/C28H39N3O.C2H6/c1-7-18-31(27(3,4)5)26(32)16-19-30-20-17-29-28(30,6)25-11-9-8-10-24(25)21-23-14-12-22(2)13-15-23;1-2/h8-15,17,20,29H,7,16,18-19,21H2,1-6H3;1-2H3. The minimum absolute atomic E-state index is 0.157. The lowest BCUT2D eigenvalue weighted by atomic mass is 9.91. The molecular formula is C30H45N3O. The first kappa shape index (κ1) is 27.5. The number of hydrogen-bond acceptors (Lipinski definition) is 3. The Hall–Kier alpha value is -2.75. The molecule has 1 amide bonds. The molecule has 0 spiro atoms. The van der Waals surface area contributed by atoms with Gasteiger partial charge in [-0.1, -0.05) is 74.9 Å². The summed E-state index contributed by atoms with van der Waals surface area (Å²) in [6.45, 7) is 18.3. The summed E-state index contributed by atoms with van der Waals surface area (Å²) in [5, 5.41) is 3.56. The van der Waals surface area contributed by atoms with Crippen LogP contribution in [0.25, 0.3) is 0 Å². The third-order valence-corrected chi connectivity index (χ3v) is 6.37. The van der Waals surface area contributed by atoms with Gasteiger partial charge in [0.15, 0.2) is 0 Å². The van der Waals surface area contributed by atoms with E-state index in [-0.39, 0.29) is 17.1 Å². The van der Waals surface area contributed by atoms with E-state index in [9.17, 15) is 4.79 Å². The van der Waals surface area contributed by atoms with Crippen LogP contribution in [0.3, 0.4) is 0 Å². The normalized spacial score (nSPS) is 17.1. The Kier molecular flexibility index (Phi) is 9.78. The Morgan fingerprint density at radius 1 is 1.06 bits per heavy atom. The number of carbonyl (C=O) groups excluding carboxylic acids is 1. The Bertz CT molecular complexity index is 942. The van der Waals surface area contributed by atoms with E-state index in [0.29, 0.717) is 13.0 Å². The first-order valence-corrected chi connectivity index (χ1v) is 12.8. The molecule has 1 aliphatic heterocycles. The van der Waals surface area contributed by atoms with Crippen LogP contribution in [0.15, 0.2) is 60.9 Å². The lowest BCUT2D eigenvalue weighted by molar-refractivity contribution is -0.136. The average molecular weight is 464 g/mol. The molecule has 0 aliphatic carbocycles. The maximum Gasteiger partial charge on any atom is 0.224 e. The minimum Gasteiger partial charge on any atom is -0.364 e. The zero-order chi connectivity index (χ0) is 25.4. The summed E-state index contributed by atoms with van der Waals surface area (Å²) in [7, 11) is 0. The van der Waals surface area contributed by atoms with Crippen LogP contribution in [-0.2, 0) is 16.9 Å². The molecule has 4 heteroatoms. The third-order valence-electron chi connectivity index (χ3n) is 6.37. The number of benzene rings is 2. The van der Waals surface area contributed by atoms with Gasteiger partial charge < -0.3 is 15.1 Å². The van der Waals surface area contributed by atoms with Gasteiger partial charge in [0.1, 0.15) is 5.66 Å². The summed E-state index contributed by atoms with van der Waals surface area (Å²) in [5.74, 6) is 0.218. The highest BCUT2D eigenvalue weighted by atomic mass is 16.2. The van der Waals surface area contributed by atoms with Crippen LogP contribution in [0, 0.1) is 6.92 Å². The summed E-state index contributed by atoms with van der Waals surface area (Å²) in [6.07, 6.45) is 6.43. The number of amides is 1. The van der Waals surface area contributed by atoms with E-state index in [1.165, 1.54) is 22.3 Å². The zero-order valence-corrected chi connectivity index (χ0v) is 22.6. The molecule has 0 bridgehead atoms. The summed E-state index contributed by atoms with van der Waals surface area (Å²) < 4.78 is 0. The molecule has 2 aromatic carbocycles. The molecule has 1 aliphatic rings. The van der Waals surface area contributed by atoms with Crippen molar-refractivity contribution in [2.45, 2.75) is 85.9 Å². The summed E-state index contributed by atoms with van der Waals surface area (Å²) >= 11 is 0. The Balaban J connectivity index is 0.00000199. The lowest BCUT2D eigenvalue weighted by Crippen LogP contribution is -2.49. The minimum atomic E-state index is -0.376. The van der Waals surface area contributed by atoms with E-state index < -0.39 is 0 Å². The van der Waals surface area contributed by atoms with Crippen molar-refractivity contribution in [2.75, 3.05) is 13.1 Å². The van der Waals surface area contributed by atoms with Crippen LogP contribution in [0.4, 0.5) is 0 Å². The quantitative estimate of drug-likeness (QED) is 0.480. The second kappa shape index (κ2) is 12.1. The predicted molar refractivity (Wildman–Crippen MR) is 144 cm³/mol. The fraction of sp³-hybridized carbons (Fsp3) is 0.500. The SMILES string of the molecule is CC.CCCN(C(=O)CCN1C=CNC1(C)c1ccccc1Cc1ccc(C)cc1)C(C)(C)C. The maximum atomic E-state index is 13.1. The number of nitrogens with zero attached hydrogens (tertiary/aromatic N) is 2. The van der Waals surface area contributed by atoms with Crippen molar-refractivity contribution in [1.82, 2.24) is 15.1 Å². The van der Waals surface area contributed by atoms with Crippen molar-refractivity contribution in [2.24, 2.45) is 0 Å². The Labute approximate surface area is 208 Å². The van der Waals surface area contributed by atoms with Gasteiger partial charge in [-0.3, -0.25) is 4.79 Å². The van der Waals surface area contributed by atoms with Gasteiger partial charge in [0.05, 0.1) is 0 Å². The predicted octanol–water partition coefficient (Wildman–Crippen LogP) is 6.59. The first-order chi connectivity index (χ1) is 16.1. The van der Waals surface area contributed by atoms with Gasteiger partial charge in [-0.2, -0.15) is 0 Å². The van der Waals surface area contributed by atoms with Crippen molar-refractivity contribution < 1.29 is 4.79 Å². The third kappa shape index (κ3) is 6.65. The molecule has 34 heavy (non-hydrogen) atoms. The summed E-state index contributed by atoms with van der Waals surface area (Å²) in [4.78, 5) is 17.4. The van der Waals surface area contributed by atoms with Crippen LogP contribution >= 0.6 is 0 Å². The molecule has 0 radical (unpaired) electrons. The summed E-state index contributed by atoms with van der Waals surface area (Å²) in [6, 6.07) is 17.4. The molecule has 1 heterocycles. The molecule has 1 N–H and O–H groups in total. The van der Waals surface area contributed by atoms with Crippen molar-refractivity contribution in [3.63, 3.8) is 0 Å². The second-order valence-corrected chi connectivity index (χ2v) is 10.0. The molecule has 186 valence electrons. The van der Waals surface area contributed by atoms with Crippen molar-refractivity contribution in [3.05, 3.63) is 83.2 Å². The highest BCUT2D eigenvalue weighted by Gasteiger charge is 2.36. The fourth-order valence-corrected chi connectivity index (χ4v) is 4.54. The van der Waals surface area contributed by atoms with Crippen molar-refractivity contribution in [1.29, 1.82) is 0 Å². The van der Waals surface area contributed by atoms with Gasteiger partial charge >= 0.3 is 0 Å². The molecule has 0 aromatic heterocycles. The molecule has 4 nitrogen and oxygen atoms in total. The van der Waals surface area contributed by atoms with Gasteiger partial charge in [0.25, 0.3) is 0 Å². The molecule has 1 atom stereocenters. The Morgan fingerprint density at radius 2 is 1.71 bits per heavy atom. The van der Waals surface area contributed by atoms with Crippen LogP contribution in [-0.4, -0.2) is 34.3 Å². The van der Waals surface area contributed by atoms with E-state index in [0.717, 1.165) is 19.4 Å². The van der Waals surface area contributed by atoms with Crippen LogP contribution in [0.5, 0.6) is 0 Å². The van der Waals surface area contributed by atoms with Gasteiger partial charge in [0.2, 0.25) is 5.91 Å². The molecule has 0 fully saturated rings. The van der Waals surface area contributed by atoms with Crippen LogP contribution in [0.1, 0.15) is 83.6 Å². The van der Waals surface area contributed by atoms with E-state index >= 15 is 0 Å². The highest BCUT2D eigenvalue weighted by molar-refractivity contribution is 5.77. The fourth-order valence-electron chi connectivity index (χ4n) is 4.54. The van der Waals surface area contributed by atoms with E-state index in [2.05, 4.69) is 106 Å². The zero-order valence-electron chi connectivity index (χ0n) is 22.6. The number of nitrogens with one attached hydrogen (secondary N) is 1. The first-order valence-electron chi connectivity index (χ1n) is 12.8. The number of aryl methyl sites for hydroxylation is 1. The molecule has 2 aromatic rings. The molecule has 1 unspecified atom stereocenters. The number of hydrogen-bond donors (Lipinski definition) is 1. The van der Waals surface area contributed by atoms with E-state index in [1.54, 1.807) is 0 Å². The average Bonchev–Trinajstić information content (AvgIpc) is 3.19. The topological polar surface area (TPSA) is 35.6 Å². The second-order valence-electron chi connectivity index (χ2n) is 10.0. The van der Waals surface area contributed by atoms with Gasteiger partial charge in [0, 0.05) is 43.0 Å². The lowest BCUT2D eigenvalue weighted by Gasteiger charge is -2.40. The smallest absolute Gasteiger partial charge is 0.224 e. The Morgan fingerprint density at radius 3 is 2.32 bits per heavy atom. The largest absolute Gasteiger partial charge is 0.364 e. The molecular weight excluding hydrogens is 418 g/mol. The van der Waals surface area contributed by atoms with Gasteiger partial charge in [-0.05, 0) is 58.6 Å². The number of carbonyl (C=O) groups is 1. The van der Waals surface area contributed by atoms with E-state index in [4.69, 9.17) is 0 Å². The van der Waals surface area contributed by atoms with Crippen molar-refractivity contribution in [3.8, 4) is 0 Å². The summed E-state index contributed by atoms with van der Waals surface area (Å²) in [5.41, 5.74) is 4.60. The molecule has 0 saturated carbocycles.